The van der Waals surface area contributed by atoms with Crippen molar-refractivity contribution in [3.05, 3.63) is 53.1 Å². The van der Waals surface area contributed by atoms with Crippen LogP contribution in [0.1, 0.15) is 22.7 Å². The summed E-state index contributed by atoms with van der Waals surface area (Å²) in [5, 5.41) is 11.6. The summed E-state index contributed by atoms with van der Waals surface area (Å²) in [7, 11) is 0. The van der Waals surface area contributed by atoms with Crippen molar-refractivity contribution in [3.8, 4) is 6.07 Å². The molecular formula is C14H14FN5. The number of aromatic nitrogens is 2. The Morgan fingerprint density at radius 1 is 1.40 bits per heavy atom. The van der Waals surface area contributed by atoms with Crippen LogP contribution in [0.15, 0.2) is 30.6 Å². The summed E-state index contributed by atoms with van der Waals surface area (Å²) in [6, 6.07) is 6.48. The number of hydrogen-bond acceptors (Lipinski definition) is 5. The van der Waals surface area contributed by atoms with Gasteiger partial charge in [0, 0.05) is 12.1 Å². The Morgan fingerprint density at radius 3 is 2.65 bits per heavy atom. The molecule has 1 atom stereocenters. The van der Waals surface area contributed by atoms with Gasteiger partial charge in [0.2, 0.25) is 5.95 Å². The molecule has 1 aromatic heterocycles. The third-order valence-corrected chi connectivity index (χ3v) is 2.85. The largest absolute Gasteiger partial charge is 0.346 e. The number of nitrogens with zero attached hydrogens (tertiary/aromatic N) is 3. The SMILES string of the molecule is Cc1ccc(C(CN)Nc2ncc(C#N)cn2)c(F)c1. The highest BCUT2D eigenvalue weighted by Crippen LogP contribution is 2.20. The highest BCUT2D eigenvalue weighted by Gasteiger charge is 2.15. The molecule has 0 radical (unpaired) electrons. The number of nitriles is 1. The van der Waals surface area contributed by atoms with Crippen LogP contribution in [0.2, 0.25) is 0 Å². The molecule has 1 unspecified atom stereocenters. The van der Waals surface area contributed by atoms with Crippen molar-refractivity contribution in [1.82, 2.24) is 9.97 Å². The molecule has 3 N–H and O–H groups in total. The fourth-order valence-electron chi connectivity index (χ4n) is 1.79. The van der Waals surface area contributed by atoms with Crippen LogP contribution in [0.5, 0.6) is 0 Å². The zero-order chi connectivity index (χ0) is 14.5. The molecule has 2 aromatic rings. The maximum atomic E-state index is 13.9. The van der Waals surface area contributed by atoms with Gasteiger partial charge in [-0.05, 0) is 18.6 Å². The van der Waals surface area contributed by atoms with E-state index in [0.717, 1.165) is 5.56 Å². The van der Waals surface area contributed by atoms with Crippen molar-refractivity contribution in [1.29, 1.82) is 5.26 Å². The first-order valence-electron chi connectivity index (χ1n) is 6.09. The van der Waals surface area contributed by atoms with Gasteiger partial charge in [0.15, 0.2) is 0 Å². The van der Waals surface area contributed by atoms with Crippen LogP contribution in [0.4, 0.5) is 10.3 Å². The second-order valence-electron chi connectivity index (χ2n) is 4.36. The number of rotatable bonds is 4. The van der Waals surface area contributed by atoms with Gasteiger partial charge in [-0.2, -0.15) is 5.26 Å². The Kier molecular flexibility index (Phi) is 4.23. The predicted octanol–water partition coefficient (Wildman–Crippen LogP) is 1.91. The maximum absolute atomic E-state index is 13.9. The number of halogens is 1. The molecule has 0 saturated heterocycles. The van der Waals surface area contributed by atoms with E-state index in [1.807, 2.05) is 19.1 Å². The minimum Gasteiger partial charge on any atom is -0.346 e. The van der Waals surface area contributed by atoms with Crippen molar-refractivity contribution in [2.24, 2.45) is 5.73 Å². The molecule has 0 fully saturated rings. The third-order valence-electron chi connectivity index (χ3n) is 2.85. The standard InChI is InChI=1S/C14H14FN5/c1-9-2-3-11(12(15)4-9)13(6-17)20-14-18-7-10(5-16)8-19-14/h2-4,7-8,13H,6,17H2,1H3,(H,18,19,20). The minimum absolute atomic E-state index is 0.198. The van der Waals surface area contributed by atoms with Gasteiger partial charge in [0.25, 0.3) is 0 Å². The van der Waals surface area contributed by atoms with E-state index in [0.29, 0.717) is 17.1 Å². The Labute approximate surface area is 116 Å². The van der Waals surface area contributed by atoms with Gasteiger partial charge in [-0.3, -0.25) is 0 Å². The van der Waals surface area contributed by atoms with Crippen LogP contribution < -0.4 is 11.1 Å². The molecular weight excluding hydrogens is 257 g/mol. The van der Waals surface area contributed by atoms with Gasteiger partial charge in [-0.15, -0.1) is 0 Å². The molecule has 1 heterocycles. The summed E-state index contributed by atoms with van der Waals surface area (Å²) in [6.45, 7) is 2.02. The Balaban J connectivity index is 2.22. The van der Waals surface area contributed by atoms with Crippen LogP contribution in [0, 0.1) is 24.1 Å². The van der Waals surface area contributed by atoms with Gasteiger partial charge in [0.1, 0.15) is 11.9 Å². The summed E-state index contributed by atoms with van der Waals surface area (Å²) in [5.41, 5.74) is 7.35. The van der Waals surface area contributed by atoms with Crippen molar-refractivity contribution >= 4 is 5.95 Å². The summed E-state index contributed by atoms with van der Waals surface area (Å²) in [6.07, 6.45) is 2.79. The van der Waals surface area contributed by atoms with E-state index in [1.165, 1.54) is 18.5 Å². The molecule has 6 heteroatoms. The number of nitrogens with one attached hydrogen (secondary N) is 1. The lowest BCUT2D eigenvalue weighted by Gasteiger charge is -2.18. The van der Waals surface area contributed by atoms with Gasteiger partial charge < -0.3 is 11.1 Å². The highest BCUT2D eigenvalue weighted by atomic mass is 19.1. The Bertz CT molecular complexity index is 633. The molecule has 2 rings (SSSR count). The molecule has 1 aromatic carbocycles. The zero-order valence-corrected chi connectivity index (χ0v) is 11.0. The number of benzene rings is 1. The van der Waals surface area contributed by atoms with Crippen LogP contribution in [0.25, 0.3) is 0 Å². The van der Waals surface area contributed by atoms with Crippen molar-refractivity contribution in [2.75, 3.05) is 11.9 Å². The highest BCUT2D eigenvalue weighted by molar-refractivity contribution is 5.36. The first-order valence-corrected chi connectivity index (χ1v) is 6.09. The molecule has 5 nitrogen and oxygen atoms in total. The van der Waals surface area contributed by atoms with E-state index in [9.17, 15) is 4.39 Å². The molecule has 20 heavy (non-hydrogen) atoms. The van der Waals surface area contributed by atoms with Crippen LogP contribution >= 0.6 is 0 Å². The molecule has 0 saturated carbocycles. The van der Waals surface area contributed by atoms with E-state index in [2.05, 4.69) is 15.3 Å². The molecule has 102 valence electrons. The monoisotopic (exact) mass is 271 g/mol. The Morgan fingerprint density at radius 2 is 2.10 bits per heavy atom. The lowest BCUT2D eigenvalue weighted by molar-refractivity contribution is 0.591. The maximum Gasteiger partial charge on any atom is 0.223 e. The summed E-state index contributed by atoms with van der Waals surface area (Å²) in [4.78, 5) is 7.97. The van der Waals surface area contributed by atoms with Crippen LogP contribution in [-0.4, -0.2) is 16.5 Å². The average molecular weight is 271 g/mol. The molecule has 0 spiro atoms. The predicted molar refractivity (Wildman–Crippen MR) is 73.3 cm³/mol. The number of anilines is 1. The van der Waals surface area contributed by atoms with E-state index < -0.39 is 6.04 Å². The normalized spacial score (nSPS) is 11.7. The Hall–Kier alpha value is -2.52. The molecule has 0 aliphatic heterocycles. The average Bonchev–Trinajstić information content (AvgIpc) is 2.46. The van der Waals surface area contributed by atoms with Gasteiger partial charge >= 0.3 is 0 Å². The van der Waals surface area contributed by atoms with Crippen molar-refractivity contribution < 1.29 is 4.39 Å². The second kappa shape index (κ2) is 6.08. The smallest absolute Gasteiger partial charge is 0.223 e. The second-order valence-corrected chi connectivity index (χ2v) is 4.36. The lowest BCUT2D eigenvalue weighted by Crippen LogP contribution is -2.22. The summed E-state index contributed by atoms with van der Waals surface area (Å²) < 4.78 is 13.9. The molecule has 0 aliphatic rings. The molecule has 0 aliphatic carbocycles. The number of hydrogen-bond donors (Lipinski definition) is 2. The van der Waals surface area contributed by atoms with E-state index in [4.69, 9.17) is 11.0 Å². The van der Waals surface area contributed by atoms with Crippen LogP contribution in [0.3, 0.4) is 0 Å². The van der Waals surface area contributed by atoms with Crippen molar-refractivity contribution in [2.45, 2.75) is 13.0 Å². The topological polar surface area (TPSA) is 87.6 Å². The van der Waals surface area contributed by atoms with E-state index in [-0.39, 0.29) is 12.4 Å². The first-order chi connectivity index (χ1) is 9.63. The van der Waals surface area contributed by atoms with Crippen LogP contribution in [-0.2, 0) is 0 Å². The van der Waals surface area contributed by atoms with E-state index >= 15 is 0 Å². The third kappa shape index (κ3) is 3.08. The fraction of sp³-hybridized carbons (Fsp3) is 0.214. The minimum atomic E-state index is -0.427. The first kappa shape index (κ1) is 13.9. The summed E-state index contributed by atoms with van der Waals surface area (Å²) >= 11 is 0. The molecule has 0 amide bonds. The van der Waals surface area contributed by atoms with Crippen molar-refractivity contribution in [3.63, 3.8) is 0 Å². The lowest BCUT2D eigenvalue weighted by atomic mass is 10.0. The number of nitrogens with two attached hydrogens (primary N) is 1. The molecule has 0 bridgehead atoms. The van der Waals surface area contributed by atoms with Gasteiger partial charge in [0.05, 0.1) is 24.0 Å². The fourth-order valence-corrected chi connectivity index (χ4v) is 1.79. The van der Waals surface area contributed by atoms with Gasteiger partial charge in [-0.1, -0.05) is 12.1 Å². The van der Waals surface area contributed by atoms with Gasteiger partial charge in [-0.25, -0.2) is 14.4 Å². The van der Waals surface area contributed by atoms with E-state index in [1.54, 1.807) is 6.07 Å². The zero-order valence-electron chi connectivity index (χ0n) is 11.0. The summed E-state index contributed by atoms with van der Waals surface area (Å²) in [5.74, 6) is -0.0129. The quantitative estimate of drug-likeness (QED) is 0.886. The number of aryl methyl sites for hydroxylation is 1.